The molecule has 2 aliphatic heterocycles. The van der Waals surface area contributed by atoms with Gasteiger partial charge >= 0.3 is 5.97 Å². The topological polar surface area (TPSA) is 143 Å². The SMILES string of the molecule is CCCNC(=O)C[C@@H]1C[C@@](O)(CCl)C(O)[C@@H](/C=C/C(C)=C/C[C@@H]2OC(C)C(NC(=O)CC[C@H](C)OC(C)=O)CC2C)O1. The molecule has 2 amide bonds. The first-order valence-corrected chi connectivity index (χ1v) is 15.7. The van der Waals surface area contributed by atoms with Crippen LogP contribution in [-0.4, -0.2) is 88.7 Å². The second-order valence-electron chi connectivity index (χ2n) is 11.9. The quantitative estimate of drug-likeness (QED) is 0.133. The first kappa shape index (κ1) is 36.2. The standard InChI is InChI=1S/C31H51ClN2O8/c1-7-14-33-29(37)16-24-17-31(39,18-32)30(38)27(42-24)12-9-19(2)8-11-26-20(3)15-25(22(5)41-26)34-28(36)13-10-21(4)40-23(6)35/h8-9,12,20-22,24-27,30,38-39H,7,10-11,13-18H2,1-6H3,(H,33,37)(H,34,36)/b12-9+,19-8+/t20?,21-,22?,24+,25?,26-,27+,30?,31+/m0/s1. The smallest absolute Gasteiger partial charge is 0.302 e. The number of carbonyl (C=O) groups is 3. The van der Waals surface area contributed by atoms with Crippen molar-refractivity contribution in [3.63, 3.8) is 0 Å². The predicted octanol–water partition coefficient (Wildman–Crippen LogP) is 3.31. The summed E-state index contributed by atoms with van der Waals surface area (Å²) in [6.07, 6.45) is 5.64. The Balaban J connectivity index is 1.91. The normalized spacial score (nSPS) is 32.8. The van der Waals surface area contributed by atoms with Crippen LogP contribution in [0.15, 0.2) is 23.8 Å². The van der Waals surface area contributed by atoms with Crippen molar-refractivity contribution >= 4 is 29.4 Å². The molecule has 2 heterocycles. The van der Waals surface area contributed by atoms with Gasteiger partial charge in [-0.1, -0.05) is 37.6 Å². The number of esters is 1. The van der Waals surface area contributed by atoms with E-state index in [9.17, 15) is 24.6 Å². The lowest BCUT2D eigenvalue weighted by Crippen LogP contribution is -2.58. The van der Waals surface area contributed by atoms with Crippen molar-refractivity contribution < 1.29 is 38.8 Å². The largest absolute Gasteiger partial charge is 0.463 e. The molecule has 0 aromatic heterocycles. The highest BCUT2D eigenvalue weighted by Crippen LogP contribution is 2.33. The third-order valence-corrected chi connectivity index (χ3v) is 8.40. The van der Waals surface area contributed by atoms with E-state index >= 15 is 0 Å². The Bertz CT molecular complexity index is 959. The van der Waals surface area contributed by atoms with Gasteiger partial charge in [0.2, 0.25) is 11.8 Å². The summed E-state index contributed by atoms with van der Waals surface area (Å²) < 4.78 is 17.3. The van der Waals surface area contributed by atoms with Gasteiger partial charge in [0.25, 0.3) is 0 Å². The number of hydrogen-bond donors (Lipinski definition) is 4. The van der Waals surface area contributed by atoms with E-state index in [1.54, 1.807) is 13.0 Å². The number of ether oxygens (including phenoxy) is 3. The van der Waals surface area contributed by atoms with Crippen LogP contribution in [0.4, 0.5) is 0 Å². The molecule has 9 atom stereocenters. The van der Waals surface area contributed by atoms with E-state index in [2.05, 4.69) is 23.6 Å². The van der Waals surface area contributed by atoms with Crippen LogP contribution in [0.1, 0.15) is 86.5 Å². The van der Waals surface area contributed by atoms with Crippen LogP contribution in [0.5, 0.6) is 0 Å². The second kappa shape index (κ2) is 17.3. The zero-order chi connectivity index (χ0) is 31.4. The van der Waals surface area contributed by atoms with E-state index in [1.807, 2.05) is 26.8 Å². The summed E-state index contributed by atoms with van der Waals surface area (Å²) >= 11 is 6.02. The Labute approximate surface area is 255 Å². The van der Waals surface area contributed by atoms with Crippen LogP contribution in [0.3, 0.4) is 0 Å². The number of alkyl halides is 1. The fourth-order valence-electron chi connectivity index (χ4n) is 5.40. The van der Waals surface area contributed by atoms with E-state index < -0.39 is 23.9 Å². The summed E-state index contributed by atoms with van der Waals surface area (Å²) in [7, 11) is 0. The van der Waals surface area contributed by atoms with E-state index in [4.69, 9.17) is 25.8 Å². The number of carbonyl (C=O) groups excluding carboxylic acids is 3. The van der Waals surface area contributed by atoms with Crippen molar-refractivity contribution in [1.29, 1.82) is 0 Å². The van der Waals surface area contributed by atoms with Gasteiger partial charge in [0, 0.05) is 26.3 Å². The maximum absolute atomic E-state index is 12.5. The van der Waals surface area contributed by atoms with Crippen LogP contribution in [-0.2, 0) is 28.6 Å². The van der Waals surface area contributed by atoms with Gasteiger partial charge in [-0.15, -0.1) is 11.6 Å². The minimum Gasteiger partial charge on any atom is -0.463 e. The highest BCUT2D eigenvalue weighted by molar-refractivity contribution is 6.18. The molecule has 10 nitrogen and oxygen atoms in total. The number of hydrogen-bond acceptors (Lipinski definition) is 8. The lowest BCUT2D eigenvalue weighted by molar-refractivity contribution is -0.195. The van der Waals surface area contributed by atoms with Crippen molar-refractivity contribution in [3.8, 4) is 0 Å². The molecule has 0 aliphatic carbocycles. The molecule has 240 valence electrons. The third kappa shape index (κ3) is 11.6. The summed E-state index contributed by atoms with van der Waals surface area (Å²) in [5.74, 6) is -0.569. The molecule has 2 saturated heterocycles. The number of aliphatic hydroxyl groups excluding tert-OH is 1. The van der Waals surface area contributed by atoms with Gasteiger partial charge < -0.3 is 35.1 Å². The van der Waals surface area contributed by atoms with Crippen molar-refractivity contribution in [2.24, 2.45) is 5.92 Å². The zero-order valence-corrected chi connectivity index (χ0v) is 26.7. The average molecular weight is 615 g/mol. The van der Waals surface area contributed by atoms with Crippen molar-refractivity contribution in [1.82, 2.24) is 10.6 Å². The number of amides is 2. The predicted molar refractivity (Wildman–Crippen MR) is 161 cm³/mol. The molecule has 11 heteroatoms. The third-order valence-electron chi connectivity index (χ3n) is 7.94. The molecule has 4 N–H and O–H groups in total. The van der Waals surface area contributed by atoms with E-state index in [-0.39, 0.29) is 73.2 Å². The summed E-state index contributed by atoms with van der Waals surface area (Å²) in [6, 6.07) is -0.0969. The summed E-state index contributed by atoms with van der Waals surface area (Å²) in [4.78, 5) is 35.7. The van der Waals surface area contributed by atoms with Crippen LogP contribution < -0.4 is 10.6 Å². The van der Waals surface area contributed by atoms with Crippen molar-refractivity contribution in [2.45, 2.75) is 135 Å². The lowest BCUT2D eigenvalue weighted by atomic mass is 9.84. The molecular formula is C31H51ClN2O8. The van der Waals surface area contributed by atoms with Crippen LogP contribution in [0.25, 0.3) is 0 Å². The van der Waals surface area contributed by atoms with Gasteiger partial charge in [-0.25, -0.2) is 0 Å². The maximum atomic E-state index is 12.5. The number of nitrogens with one attached hydrogen (secondary N) is 2. The van der Waals surface area contributed by atoms with Gasteiger partial charge in [0.1, 0.15) is 17.8 Å². The molecule has 0 aromatic carbocycles. The highest BCUT2D eigenvalue weighted by atomic mass is 35.5. The first-order chi connectivity index (χ1) is 19.8. The van der Waals surface area contributed by atoms with Gasteiger partial charge in [-0.2, -0.15) is 0 Å². The van der Waals surface area contributed by atoms with Gasteiger partial charge in [0.15, 0.2) is 0 Å². The molecule has 2 rings (SSSR count). The molecule has 0 aromatic rings. The number of allylic oxidation sites excluding steroid dienone is 2. The Kier molecular flexibility index (Phi) is 15.0. The Hall–Kier alpha value is -1.98. The molecule has 2 aliphatic rings. The van der Waals surface area contributed by atoms with E-state index in [0.717, 1.165) is 18.4 Å². The van der Waals surface area contributed by atoms with E-state index in [1.165, 1.54) is 6.92 Å². The van der Waals surface area contributed by atoms with Crippen LogP contribution in [0, 0.1) is 5.92 Å². The zero-order valence-electron chi connectivity index (χ0n) is 25.9. The lowest BCUT2D eigenvalue weighted by Gasteiger charge is -2.43. The first-order valence-electron chi connectivity index (χ1n) is 15.1. The Morgan fingerprint density at radius 2 is 1.90 bits per heavy atom. The highest BCUT2D eigenvalue weighted by Gasteiger charge is 2.47. The molecule has 0 spiro atoms. The fourth-order valence-corrected chi connectivity index (χ4v) is 5.67. The molecular weight excluding hydrogens is 564 g/mol. The second-order valence-corrected chi connectivity index (χ2v) is 12.2. The van der Waals surface area contributed by atoms with Gasteiger partial charge in [-0.05, 0) is 52.4 Å². The number of rotatable bonds is 14. The molecule has 4 unspecified atom stereocenters. The minimum absolute atomic E-state index is 0.0237. The van der Waals surface area contributed by atoms with Crippen molar-refractivity contribution in [2.75, 3.05) is 12.4 Å². The molecule has 0 saturated carbocycles. The summed E-state index contributed by atoms with van der Waals surface area (Å²) in [5, 5.41) is 27.6. The minimum atomic E-state index is -1.56. The van der Waals surface area contributed by atoms with Gasteiger partial charge in [-0.3, -0.25) is 14.4 Å². The maximum Gasteiger partial charge on any atom is 0.302 e. The van der Waals surface area contributed by atoms with Gasteiger partial charge in [0.05, 0.1) is 42.8 Å². The molecule has 0 radical (unpaired) electrons. The van der Waals surface area contributed by atoms with Crippen molar-refractivity contribution in [3.05, 3.63) is 23.8 Å². The molecule has 0 bridgehead atoms. The Morgan fingerprint density at radius 1 is 1.19 bits per heavy atom. The molecule has 42 heavy (non-hydrogen) atoms. The molecule has 2 fully saturated rings. The monoisotopic (exact) mass is 614 g/mol. The van der Waals surface area contributed by atoms with E-state index in [0.29, 0.717) is 19.4 Å². The average Bonchev–Trinajstić information content (AvgIpc) is 2.92. The number of aliphatic hydroxyl groups is 2. The summed E-state index contributed by atoms with van der Waals surface area (Å²) in [6.45, 7) is 11.7. The Morgan fingerprint density at radius 3 is 2.55 bits per heavy atom. The summed E-state index contributed by atoms with van der Waals surface area (Å²) in [5.41, 5.74) is -0.625. The van der Waals surface area contributed by atoms with Crippen LogP contribution >= 0.6 is 11.6 Å². The fraction of sp³-hybridized carbons (Fsp3) is 0.774. The van der Waals surface area contributed by atoms with Crippen LogP contribution in [0.2, 0.25) is 0 Å². The number of halogens is 1.